The van der Waals surface area contributed by atoms with E-state index in [2.05, 4.69) is 28.7 Å². The lowest BCUT2D eigenvalue weighted by Crippen LogP contribution is -2.48. The van der Waals surface area contributed by atoms with E-state index in [-0.39, 0.29) is 17.9 Å². The molecule has 0 saturated heterocycles. The van der Waals surface area contributed by atoms with Crippen LogP contribution in [0.5, 0.6) is 0 Å². The highest BCUT2D eigenvalue weighted by atomic mass is 32.1. The number of aromatic nitrogens is 2. The van der Waals surface area contributed by atoms with Gasteiger partial charge in [-0.1, -0.05) is 36.4 Å². The number of hydrogen-bond acceptors (Lipinski definition) is 4. The second-order valence-corrected chi connectivity index (χ2v) is 8.51. The van der Waals surface area contributed by atoms with E-state index in [1.54, 1.807) is 22.6 Å². The third kappa shape index (κ3) is 3.96. The summed E-state index contributed by atoms with van der Waals surface area (Å²) in [4.78, 5) is 33.5. The summed E-state index contributed by atoms with van der Waals surface area (Å²) in [6, 6.07) is 13.9. The number of benzene rings is 1. The van der Waals surface area contributed by atoms with Crippen LogP contribution in [0.4, 0.5) is 5.82 Å². The Hall–Kier alpha value is -2.93. The topological polar surface area (TPSA) is 67.2 Å². The normalized spacial score (nSPS) is 16.2. The summed E-state index contributed by atoms with van der Waals surface area (Å²) in [5.74, 6) is -0.516. The Labute approximate surface area is 174 Å². The van der Waals surface area contributed by atoms with Crippen LogP contribution in [0.1, 0.15) is 36.0 Å². The molecule has 1 aliphatic rings. The monoisotopic (exact) mass is 408 g/mol. The molecule has 2 aromatic heterocycles. The van der Waals surface area contributed by atoms with Crippen molar-refractivity contribution in [3.63, 3.8) is 0 Å². The number of nitrogens with zero attached hydrogens (tertiary/aromatic N) is 3. The highest BCUT2D eigenvalue weighted by Crippen LogP contribution is 2.32. The fourth-order valence-corrected chi connectivity index (χ4v) is 4.30. The van der Waals surface area contributed by atoms with E-state index in [1.807, 2.05) is 47.8 Å². The fraction of sp³-hybridized carbons (Fsp3) is 0.318. The van der Waals surface area contributed by atoms with E-state index in [4.69, 9.17) is 0 Å². The quantitative estimate of drug-likeness (QED) is 0.635. The van der Waals surface area contributed by atoms with E-state index in [9.17, 15) is 9.59 Å². The van der Waals surface area contributed by atoms with Crippen LogP contribution >= 0.6 is 11.3 Å². The maximum atomic E-state index is 13.3. The molecule has 0 saturated carbocycles. The summed E-state index contributed by atoms with van der Waals surface area (Å²) in [5, 5.41) is 4.91. The summed E-state index contributed by atoms with van der Waals surface area (Å²) >= 11 is 1.59. The summed E-state index contributed by atoms with van der Waals surface area (Å²) in [6.07, 6.45) is 2.14. The van der Waals surface area contributed by atoms with Crippen LogP contribution in [0.15, 0.2) is 54.2 Å². The molecule has 0 fully saturated rings. The summed E-state index contributed by atoms with van der Waals surface area (Å²) in [7, 11) is 0. The number of rotatable bonds is 6. The Morgan fingerprint density at radius 1 is 1.24 bits per heavy atom. The Morgan fingerprint density at radius 3 is 2.72 bits per heavy atom. The first-order valence-corrected chi connectivity index (χ1v) is 10.6. The lowest BCUT2D eigenvalue weighted by Gasteiger charge is -2.32. The largest absolute Gasteiger partial charge is 0.351 e. The van der Waals surface area contributed by atoms with Crippen LogP contribution in [0.25, 0.3) is 0 Å². The molecular weight excluding hydrogens is 384 g/mol. The molecule has 3 aromatic rings. The molecule has 1 N–H and O–H groups in total. The van der Waals surface area contributed by atoms with Crippen LogP contribution in [0, 0.1) is 5.92 Å². The van der Waals surface area contributed by atoms with Gasteiger partial charge < -0.3 is 9.88 Å². The Morgan fingerprint density at radius 2 is 2.03 bits per heavy atom. The van der Waals surface area contributed by atoms with Crippen LogP contribution < -0.4 is 10.2 Å². The van der Waals surface area contributed by atoms with Gasteiger partial charge in [-0.2, -0.15) is 0 Å². The van der Waals surface area contributed by atoms with Crippen molar-refractivity contribution in [2.75, 3.05) is 4.90 Å². The van der Waals surface area contributed by atoms with Gasteiger partial charge in [0, 0.05) is 17.3 Å². The number of carbonyl (C=O) groups is 2. The van der Waals surface area contributed by atoms with Crippen LogP contribution in [-0.2, 0) is 29.1 Å². The smallest absolute Gasteiger partial charge is 0.241 e. The summed E-state index contributed by atoms with van der Waals surface area (Å²) in [6.45, 7) is 4.99. The molecule has 1 aromatic carbocycles. The lowest BCUT2D eigenvalue weighted by molar-refractivity contribution is -0.134. The minimum absolute atomic E-state index is 0.195. The van der Waals surface area contributed by atoms with Gasteiger partial charge in [0.1, 0.15) is 5.92 Å². The molecule has 4 rings (SSSR count). The van der Waals surface area contributed by atoms with Gasteiger partial charge in [-0.15, -0.1) is 11.3 Å². The van der Waals surface area contributed by atoms with Crippen molar-refractivity contribution >= 4 is 29.0 Å². The minimum atomic E-state index is -0.750. The highest BCUT2D eigenvalue weighted by Gasteiger charge is 2.40. The molecular formula is C22H24N4O2S. The molecule has 0 spiro atoms. The SMILES string of the molecule is CC(C)n1cnc2c1CC(C(=O)NCc1cccs1)C(=O)N2Cc1ccccc1. The van der Waals surface area contributed by atoms with E-state index >= 15 is 0 Å². The number of anilines is 1. The van der Waals surface area contributed by atoms with E-state index in [0.717, 1.165) is 16.1 Å². The predicted molar refractivity (Wildman–Crippen MR) is 114 cm³/mol. The average molecular weight is 409 g/mol. The molecule has 0 bridgehead atoms. The Bertz CT molecular complexity index is 995. The van der Waals surface area contributed by atoms with Gasteiger partial charge in [-0.3, -0.25) is 14.5 Å². The number of hydrogen-bond donors (Lipinski definition) is 1. The maximum absolute atomic E-state index is 13.3. The van der Waals surface area contributed by atoms with Crippen molar-refractivity contribution in [1.29, 1.82) is 0 Å². The molecule has 3 heterocycles. The molecule has 0 aliphatic carbocycles. The predicted octanol–water partition coefficient (Wildman–Crippen LogP) is 3.55. The second-order valence-electron chi connectivity index (χ2n) is 7.48. The molecule has 1 atom stereocenters. The Kier molecular flexibility index (Phi) is 5.49. The van der Waals surface area contributed by atoms with E-state index < -0.39 is 5.92 Å². The Balaban J connectivity index is 1.62. The van der Waals surface area contributed by atoms with E-state index in [1.165, 1.54) is 0 Å². The van der Waals surface area contributed by atoms with Crippen molar-refractivity contribution in [1.82, 2.24) is 14.9 Å². The van der Waals surface area contributed by atoms with Crippen molar-refractivity contribution in [2.24, 2.45) is 5.92 Å². The molecule has 1 unspecified atom stereocenters. The molecule has 2 amide bonds. The molecule has 150 valence electrons. The van der Waals surface area contributed by atoms with Gasteiger partial charge in [0.2, 0.25) is 11.8 Å². The number of carbonyl (C=O) groups excluding carboxylic acids is 2. The van der Waals surface area contributed by atoms with Gasteiger partial charge in [0.05, 0.1) is 25.1 Å². The molecule has 29 heavy (non-hydrogen) atoms. The zero-order chi connectivity index (χ0) is 20.4. The molecule has 0 radical (unpaired) electrons. The standard InChI is InChI=1S/C22H24N4O2S/c1-15(2)26-14-24-20-19(26)11-18(21(27)23-12-17-9-6-10-29-17)22(28)25(20)13-16-7-4-3-5-8-16/h3-10,14-15,18H,11-13H2,1-2H3,(H,23,27). The average Bonchev–Trinajstić information content (AvgIpc) is 3.38. The van der Waals surface area contributed by atoms with Crippen molar-refractivity contribution < 1.29 is 9.59 Å². The first-order valence-electron chi connectivity index (χ1n) is 9.75. The highest BCUT2D eigenvalue weighted by molar-refractivity contribution is 7.09. The van der Waals surface area contributed by atoms with Gasteiger partial charge in [0.25, 0.3) is 0 Å². The van der Waals surface area contributed by atoms with Crippen LogP contribution in [0.2, 0.25) is 0 Å². The third-order valence-electron chi connectivity index (χ3n) is 5.16. The number of imidazole rings is 1. The van der Waals surface area contributed by atoms with E-state index in [0.29, 0.717) is 25.3 Å². The maximum Gasteiger partial charge on any atom is 0.241 e. The van der Waals surface area contributed by atoms with Gasteiger partial charge >= 0.3 is 0 Å². The van der Waals surface area contributed by atoms with Gasteiger partial charge in [-0.25, -0.2) is 4.98 Å². The fourth-order valence-electron chi connectivity index (χ4n) is 3.65. The van der Waals surface area contributed by atoms with Crippen LogP contribution in [0.3, 0.4) is 0 Å². The zero-order valence-corrected chi connectivity index (χ0v) is 17.4. The van der Waals surface area contributed by atoms with Crippen molar-refractivity contribution in [3.8, 4) is 0 Å². The molecule has 6 nitrogen and oxygen atoms in total. The number of thiophene rings is 1. The van der Waals surface area contributed by atoms with Crippen molar-refractivity contribution in [3.05, 3.63) is 70.3 Å². The first kappa shape index (κ1) is 19.4. The first-order chi connectivity index (χ1) is 14.0. The summed E-state index contributed by atoms with van der Waals surface area (Å²) in [5.41, 5.74) is 1.94. The molecule has 7 heteroatoms. The number of nitrogens with one attached hydrogen (secondary N) is 1. The second kappa shape index (κ2) is 8.21. The zero-order valence-electron chi connectivity index (χ0n) is 16.5. The van der Waals surface area contributed by atoms with Crippen LogP contribution in [-0.4, -0.2) is 21.4 Å². The minimum Gasteiger partial charge on any atom is -0.351 e. The van der Waals surface area contributed by atoms with Gasteiger partial charge in [-0.05, 0) is 30.9 Å². The number of amides is 2. The third-order valence-corrected chi connectivity index (χ3v) is 6.04. The number of fused-ring (bicyclic) bond motifs is 1. The van der Waals surface area contributed by atoms with Crippen molar-refractivity contribution in [2.45, 2.75) is 39.4 Å². The summed E-state index contributed by atoms with van der Waals surface area (Å²) < 4.78 is 2.05. The van der Waals surface area contributed by atoms with Gasteiger partial charge in [0.15, 0.2) is 5.82 Å². The molecule has 1 aliphatic heterocycles. The lowest BCUT2D eigenvalue weighted by atomic mass is 9.95.